The van der Waals surface area contributed by atoms with E-state index in [4.69, 9.17) is 0 Å². The Labute approximate surface area is 133 Å². The molecule has 0 aliphatic heterocycles. The van der Waals surface area contributed by atoms with E-state index in [2.05, 4.69) is 0 Å². The topological polar surface area (TPSA) is 34.1 Å². The van der Waals surface area contributed by atoms with Crippen LogP contribution >= 0.6 is 0 Å². The Balaban J connectivity index is 0.000000561. The van der Waals surface area contributed by atoms with Crippen LogP contribution in [0.5, 0.6) is 0 Å². The Bertz CT molecular complexity index is 635. The summed E-state index contributed by atoms with van der Waals surface area (Å²) in [4.78, 5) is 24.7. The molecule has 22 heavy (non-hydrogen) atoms. The molecular formula is C20H24O2. The highest BCUT2D eigenvalue weighted by molar-refractivity contribution is 6.28. The second-order valence-electron chi connectivity index (χ2n) is 4.76. The van der Waals surface area contributed by atoms with E-state index in [0.29, 0.717) is 22.3 Å². The van der Waals surface area contributed by atoms with Crippen LogP contribution in [-0.2, 0) is 0 Å². The summed E-state index contributed by atoms with van der Waals surface area (Å²) in [5.74, 6) is -0.105. The number of hydrogen-bond donors (Lipinski definition) is 0. The molecule has 0 atom stereocenters. The van der Waals surface area contributed by atoms with E-state index in [1.165, 1.54) is 0 Å². The third kappa shape index (κ3) is 3.16. The Morgan fingerprint density at radius 2 is 0.864 bits per heavy atom. The molecule has 2 aromatic rings. The van der Waals surface area contributed by atoms with Gasteiger partial charge in [0.05, 0.1) is 0 Å². The zero-order valence-corrected chi connectivity index (χ0v) is 14.3. The summed E-state index contributed by atoms with van der Waals surface area (Å²) >= 11 is 0. The molecule has 0 saturated heterocycles. The average Bonchev–Trinajstić information content (AvgIpc) is 2.56. The van der Waals surface area contributed by atoms with Gasteiger partial charge >= 0.3 is 0 Å². The monoisotopic (exact) mass is 296 g/mol. The van der Waals surface area contributed by atoms with Gasteiger partial charge in [0.1, 0.15) is 0 Å². The first kappa shape index (κ1) is 17.8. The van der Waals surface area contributed by atoms with Gasteiger partial charge in [-0.05, 0) is 26.0 Å². The molecule has 0 aromatic heterocycles. The Hall–Kier alpha value is -2.22. The fourth-order valence-electron chi connectivity index (χ4n) is 2.38. The number of carbonyl (C=O) groups excluding carboxylic acids is 2. The van der Waals surface area contributed by atoms with Crippen molar-refractivity contribution in [3.63, 3.8) is 0 Å². The second-order valence-corrected chi connectivity index (χ2v) is 4.76. The maximum absolute atomic E-state index is 12.4. The largest absolute Gasteiger partial charge is 0.289 e. The van der Waals surface area contributed by atoms with Crippen molar-refractivity contribution in [1.82, 2.24) is 0 Å². The lowest BCUT2D eigenvalue weighted by molar-refractivity contribution is 0.0979. The van der Waals surface area contributed by atoms with Crippen molar-refractivity contribution in [3.05, 3.63) is 69.8 Å². The molecule has 2 nitrogen and oxygen atoms in total. The second kappa shape index (κ2) is 7.69. The minimum absolute atomic E-state index is 0.0525. The maximum Gasteiger partial charge on any atom is 0.194 e. The molecule has 0 unspecified atom stereocenters. The van der Waals surface area contributed by atoms with Gasteiger partial charge in [-0.25, -0.2) is 0 Å². The summed E-state index contributed by atoms with van der Waals surface area (Å²) in [7, 11) is 0. The summed E-state index contributed by atoms with van der Waals surface area (Å²) < 4.78 is 0. The predicted molar refractivity (Wildman–Crippen MR) is 91.9 cm³/mol. The molecule has 0 radical (unpaired) electrons. The van der Waals surface area contributed by atoms with Crippen LogP contribution in [0.25, 0.3) is 0 Å². The van der Waals surface area contributed by atoms with Crippen molar-refractivity contribution in [1.29, 1.82) is 0 Å². The summed E-state index contributed by atoms with van der Waals surface area (Å²) in [6.45, 7) is 11.8. The van der Waals surface area contributed by atoms with Crippen molar-refractivity contribution in [2.45, 2.75) is 41.5 Å². The molecule has 0 N–H and O–H groups in total. The van der Waals surface area contributed by atoms with Crippen LogP contribution in [0, 0.1) is 13.8 Å². The van der Waals surface area contributed by atoms with E-state index in [0.717, 1.165) is 11.1 Å². The molecule has 0 amide bonds. The van der Waals surface area contributed by atoms with E-state index in [1.54, 1.807) is 24.3 Å². The van der Waals surface area contributed by atoms with Gasteiger partial charge in [0, 0.05) is 22.3 Å². The summed E-state index contributed by atoms with van der Waals surface area (Å²) in [5.41, 5.74) is 4.07. The fraction of sp³-hybridized carbons (Fsp3) is 0.300. The molecule has 0 saturated carbocycles. The van der Waals surface area contributed by atoms with E-state index >= 15 is 0 Å². The standard InChI is InChI=1S/C16H12O2.2C2H6/c1-9-3-5-11-13(7-9)15(17)12-6-4-10(2)8-14(12)16(11)18;2*1-2/h3-8H,1-2H3;2*1-2H3. The SMILES string of the molecule is CC.CC.Cc1ccc2c(c1)C(=O)c1ccc(C)cc1C2=O. The molecule has 3 rings (SSSR count). The first-order chi connectivity index (χ1) is 10.6. The van der Waals surface area contributed by atoms with Crippen molar-refractivity contribution >= 4 is 11.6 Å². The van der Waals surface area contributed by atoms with Gasteiger partial charge in [0.15, 0.2) is 11.6 Å². The lowest BCUT2D eigenvalue weighted by atomic mass is 9.83. The minimum Gasteiger partial charge on any atom is -0.289 e. The molecule has 0 bridgehead atoms. The van der Waals surface area contributed by atoms with Crippen LogP contribution in [0.1, 0.15) is 70.7 Å². The number of ketones is 2. The first-order valence-electron chi connectivity index (χ1n) is 7.88. The summed E-state index contributed by atoms with van der Waals surface area (Å²) in [6.07, 6.45) is 0. The smallest absolute Gasteiger partial charge is 0.194 e. The van der Waals surface area contributed by atoms with Gasteiger partial charge in [-0.1, -0.05) is 63.1 Å². The fourth-order valence-corrected chi connectivity index (χ4v) is 2.38. The number of hydrogen-bond acceptors (Lipinski definition) is 2. The van der Waals surface area contributed by atoms with Crippen molar-refractivity contribution < 1.29 is 9.59 Å². The molecule has 116 valence electrons. The minimum atomic E-state index is -0.0525. The summed E-state index contributed by atoms with van der Waals surface area (Å²) in [6, 6.07) is 10.8. The Morgan fingerprint density at radius 1 is 0.545 bits per heavy atom. The zero-order valence-electron chi connectivity index (χ0n) is 14.3. The molecule has 0 heterocycles. The van der Waals surface area contributed by atoms with Crippen LogP contribution in [0.15, 0.2) is 36.4 Å². The predicted octanol–water partition coefficient (Wildman–Crippen LogP) is 5.13. The van der Waals surface area contributed by atoms with Crippen molar-refractivity contribution in [2.24, 2.45) is 0 Å². The average molecular weight is 296 g/mol. The number of rotatable bonds is 0. The van der Waals surface area contributed by atoms with Gasteiger partial charge in [0.25, 0.3) is 0 Å². The van der Waals surface area contributed by atoms with Crippen LogP contribution in [0.2, 0.25) is 0 Å². The molecule has 2 heteroatoms. The number of fused-ring (bicyclic) bond motifs is 2. The van der Waals surface area contributed by atoms with Gasteiger partial charge < -0.3 is 0 Å². The van der Waals surface area contributed by atoms with Crippen LogP contribution in [-0.4, -0.2) is 11.6 Å². The maximum atomic E-state index is 12.4. The third-order valence-electron chi connectivity index (χ3n) is 3.33. The van der Waals surface area contributed by atoms with Gasteiger partial charge in [-0.2, -0.15) is 0 Å². The van der Waals surface area contributed by atoms with Crippen LogP contribution in [0.4, 0.5) is 0 Å². The van der Waals surface area contributed by atoms with Gasteiger partial charge in [-0.15, -0.1) is 0 Å². The van der Waals surface area contributed by atoms with Gasteiger partial charge in [-0.3, -0.25) is 9.59 Å². The van der Waals surface area contributed by atoms with E-state index < -0.39 is 0 Å². The number of carbonyl (C=O) groups is 2. The molecule has 1 aliphatic carbocycles. The normalized spacial score (nSPS) is 11.4. The molecule has 0 fully saturated rings. The highest BCUT2D eigenvalue weighted by Crippen LogP contribution is 2.28. The number of benzene rings is 2. The van der Waals surface area contributed by atoms with Crippen molar-refractivity contribution in [3.8, 4) is 0 Å². The van der Waals surface area contributed by atoms with Crippen LogP contribution < -0.4 is 0 Å². The highest BCUT2D eigenvalue weighted by atomic mass is 16.1. The zero-order chi connectivity index (χ0) is 16.9. The lowest BCUT2D eigenvalue weighted by Gasteiger charge is -2.18. The molecule has 2 aromatic carbocycles. The van der Waals surface area contributed by atoms with Gasteiger partial charge in [0.2, 0.25) is 0 Å². The molecule has 0 spiro atoms. The quantitative estimate of drug-likeness (QED) is 0.576. The third-order valence-corrected chi connectivity index (χ3v) is 3.33. The lowest BCUT2D eigenvalue weighted by Crippen LogP contribution is -2.21. The Morgan fingerprint density at radius 3 is 1.18 bits per heavy atom. The van der Waals surface area contributed by atoms with E-state index in [-0.39, 0.29) is 11.6 Å². The molecule has 1 aliphatic rings. The van der Waals surface area contributed by atoms with Crippen LogP contribution in [0.3, 0.4) is 0 Å². The number of aryl methyl sites for hydroxylation is 2. The summed E-state index contributed by atoms with van der Waals surface area (Å²) in [5, 5.41) is 0. The molecular weight excluding hydrogens is 272 g/mol. The van der Waals surface area contributed by atoms with E-state index in [9.17, 15) is 9.59 Å². The van der Waals surface area contributed by atoms with Crippen molar-refractivity contribution in [2.75, 3.05) is 0 Å². The highest BCUT2D eigenvalue weighted by Gasteiger charge is 2.29. The Kier molecular flexibility index (Phi) is 6.24. The first-order valence-corrected chi connectivity index (χ1v) is 7.88. The van der Waals surface area contributed by atoms with E-state index in [1.807, 2.05) is 53.7 Å².